The second-order valence-electron chi connectivity index (χ2n) is 4.41. The van der Waals surface area contributed by atoms with E-state index < -0.39 is 24.3 Å². The van der Waals surface area contributed by atoms with Crippen LogP contribution in [0.2, 0.25) is 0 Å². The van der Waals surface area contributed by atoms with Gasteiger partial charge in [-0.25, -0.2) is 4.79 Å². The van der Waals surface area contributed by atoms with Crippen molar-refractivity contribution in [3.8, 4) is 11.5 Å². The van der Waals surface area contributed by atoms with Crippen molar-refractivity contribution in [3.63, 3.8) is 0 Å². The van der Waals surface area contributed by atoms with Crippen molar-refractivity contribution < 1.29 is 29.2 Å². The minimum Gasteiger partial charge on any atom is -0.497 e. The first-order valence-corrected chi connectivity index (χ1v) is 6.19. The molecule has 0 aliphatic carbocycles. The van der Waals surface area contributed by atoms with E-state index in [1.165, 1.54) is 21.1 Å². The van der Waals surface area contributed by atoms with Gasteiger partial charge in [-0.2, -0.15) is 0 Å². The average Bonchev–Trinajstić information content (AvgIpc) is 2.43. The maximum Gasteiger partial charge on any atom is 0.337 e. The number of aliphatic carboxylic acids is 1. The van der Waals surface area contributed by atoms with Crippen molar-refractivity contribution in [1.82, 2.24) is 0 Å². The van der Waals surface area contributed by atoms with E-state index in [1.54, 1.807) is 25.1 Å². The summed E-state index contributed by atoms with van der Waals surface area (Å²) in [5.74, 6) is -0.242. The van der Waals surface area contributed by atoms with Crippen LogP contribution >= 0.6 is 0 Å². The summed E-state index contributed by atoms with van der Waals surface area (Å²) in [6.07, 6.45) is -2.62. The molecule has 0 aromatic heterocycles. The third kappa shape index (κ3) is 3.85. The van der Waals surface area contributed by atoms with Crippen LogP contribution < -0.4 is 9.47 Å². The second kappa shape index (κ2) is 7.12. The molecule has 0 saturated heterocycles. The zero-order valence-corrected chi connectivity index (χ0v) is 12.0. The van der Waals surface area contributed by atoms with E-state index in [1.807, 2.05) is 0 Å². The molecule has 0 aliphatic heterocycles. The quantitative estimate of drug-likeness (QED) is 0.791. The molecule has 6 nitrogen and oxygen atoms in total. The van der Waals surface area contributed by atoms with Gasteiger partial charge in [-0.1, -0.05) is 0 Å². The Morgan fingerprint density at radius 3 is 2.30 bits per heavy atom. The maximum absolute atomic E-state index is 11.4. The van der Waals surface area contributed by atoms with Crippen molar-refractivity contribution in [2.75, 3.05) is 14.2 Å². The van der Waals surface area contributed by atoms with Gasteiger partial charge in [0.1, 0.15) is 11.5 Å². The maximum atomic E-state index is 11.4. The highest BCUT2D eigenvalue weighted by atomic mass is 16.5. The molecule has 1 aromatic rings. The molecule has 20 heavy (non-hydrogen) atoms. The molecule has 0 amide bonds. The van der Waals surface area contributed by atoms with Crippen LogP contribution in [0, 0.1) is 0 Å². The summed E-state index contributed by atoms with van der Waals surface area (Å²) in [5, 5.41) is 18.7. The molecular weight excluding hydrogens is 264 g/mol. The monoisotopic (exact) mass is 284 g/mol. The van der Waals surface area contributed by atoms with Crippen molar-refractivity contribution in [2.24, 2.45) is 0 Å². The van der Waals surface area contributed by atoms with E-state index in [0.29, 0.717) is 17.1 Å². The zero-order valence-electron chi connectivity index (χ0n) is 12.0. The highest BCUT2D eigenvalue weighted by Gasteiger charge is 2.28. The molecule has 0 radical (unpaired) electrons. The Balaban J connectivity index is 3.11. The number of ether oxygens (including phenoxy) is 3. The number of carboxylic acids is 1. The van der Waals surface area contributed by atoms with Gasteiger partial charge in [0.15, 0.2) is 6.10 Å². The molecule has 3 atom stereocenters. The summed E-state index contributed by atoms with van der Waals surface area (Å²) >= 11 is 0. The Labute approximate surface area is 117 Å². The van der Waals surface area contributed by atoms with E-state index in [-0.39, 0.29) is 0 Å². The van der Waals surface area contributed by atoms with Gasteiger partial charge in [-0.3, -0.25) is 0 Å². The largest absolute Gasteiger partial charge is 0.497 e. The van der Waals surface area contributed by atoms with E-state index in [2.05, 4.69) is 0 Å². The first-order chi connectivity index (χ1) is 9.40. The van der Waals surface area contributed by atoms with Gasteiger partial charge in [0.2, 0.25) is 0 Å². The van der Waals surface area contributed by atoms with Crippen LogP contribution in [0.3, 0.4) is 0 Å². The Kier molecular flexibility index (Phi) is 5.79. The fourth-order valence-corrected chi connectivity index (χ4v) is 1.63. The van der Waals surface area contributed by atoms with Crippen LogP contribution in [0.5, 0.6) is 11.5 Å². The molecule has 2 N–H and O–H groups in total. The highest BCUT2D eigenvalue weighted by molar-refractivity contribution is 5.75. The summed E-state index contributed by atoms with van der Waals surface area (Å²) in [6, 6.07) is 4.79. The van der Waals surface area contributed by atoms with Gasteiger partial charge in [-0.05, 0) is 26.0 Å². The molecule has 0 bridgehead atoms. The molecule has 0 saturated carbocycles. The lowest BCUT2D eigenvalue weighted by molar-refractivity contribution is -0.158. The molecule has 0 aliphatic rings. The minimum atomic E-state index is -1.22. The minimum absolute atomic E-state index is 0.356. The molecule has 6 heteroatoms. The average molecular weight is 284 g/mol. The highest BCUT2D eigenvalue weighted by Crippen LogP contribution is 2.32. The standard InChI is InChI=1S/C14H20O6/c1-8(15)9(2)20-13(14(16)17)11-6-5-10(18-3)7-12(11)19-4/h5-9,13,15H,1-4H3,(H,16,17). The summed E-state index contributed by atoms with van der Waals surface area (Å²) < 4.78 is 15.6. The van der Waals surface area contributed by atoms with Crippen LogP contribution in [-0.2, 0) is 9.53 Å². The number of carbonyl (C=O) groups is 1. The molecular formula is C14H20O6. The van der Waals surface area contributed by atoms with Crippen LogP contribution in [0.25, 0.3) is 0 Å². The number of aliphatic hydroxyl groups is 1. The fourth-order valence-electron chi connectivity index (χ4n) is 1.63. The SMILES string of the molecule is COc1ccc(C(OC(C)C(C)O)C(=O)O)c(OC)c1. The number of rotatable bonds is 7. The van der Waals surface area contributed by atoms with E-state index in [0.717, 1.165) is 0 Å². The third-order valence-electron chi connectivity index (χ3n) is 2.98. The van der Waals surface area contributed by atoms with Crippen LogP contribution in [0.4, 0.5) is 0 Å². The summed E-state index contributed by atoms with van der Waals surface area (Å²) in [7, 11) is 2.95. The Hall–Kier alpha value is -1.79. The molecule has 0 spiro atoms. The number of carboxylic acid groups (broad SMARTS) is 1. The Morgan fingerprint density at radius 1 is 1.20 bits per heavy atom. The molecule has 1 rings (SSSR count). The molecule has 0 fully saturated rings. The first-order valence-electron chi connectivity index (χ1n) is 6.19. The van der Waals surface area contributed by atoms with Crippen LogP contribution in [-0.4, -0.2) is 42.6 Å². The summed E-state index contributed by atoms with van der Waals surface area (Å²) in [5.41, 5.74) is 0.369. The Bertz CT molecular complexity index is 457. The lowest BCUT2D eigenvalue weighted by Crippen LogP contribution is -2.28. The lowest BCUT2D eigenvalue weighted by atomic mass is 10.1. The molecule has 1 aromatic carbocycles. The number of hydrogen-bond acceptors (Lipinski definition) is 5. The van der Waals surface area contributed by atoms with Gasteiger partial charge >= 0.3 is 5.97 Å². The number of benzene rings is 1. The number of aliphatic hydroxyl groups excluding tert-OH is 1. The van der Waals surface area contributed by atoms with Crippen molar-refractivity contribution in [3.05, 3.63) is 23.8 Å². The summed E-state index contributed by atoms with van der Waals surface area (Å²) in [6.45, 7) is 3.14. The van der Waals surface area contributed by atoms with Gasteiger partial charge in [0.25, 0.3) is 0 Å². The van der Waals surface area contributed by atoms with Gasteiger partial charge < -0.3 is 24.4 Å². The predicted octanol–water partition coefficient (Wildman–Crippen LogP) is 1.62. The molecule has 3 unspecified atom stereocenters. The Morgan fingerprint density at radius 2 is 1.85 bits per heavy atom. The van der Waals surface area contributed by atoms with Gasteiger partial charge in [0.05, 0.1) is 26.4 Å². The van der Waals surface area contributed by atoms with Crippen molar-refractivity contribution >= 4 is 5.97 Å². The van der Waals surface area contributed by atoms with Gasteiger partial charge in [-0.15, -0.1) is 0 Å². The van der Waals surface area contributed by atoms with Crippen molar-refractivity contribution in [1.29, 1.82) is 0 Å². The molecule has 112 valence electrons. The van der Waals surface area contributed by atoms with Gasteiger partial charge in [0, 0.05) is 11.6 Å². The number of methoxy groups -OCH3 is 2. The summed E-state index contributed by atoms with van der Waals surface area (Å²) in [4.78, 5) is 11.4. The van der Waals surface area contributed by atoms with Crippen LogP contribution in [0.1, 0.15) is 25.5 Å². The third-order valence-corrected chi connectivity index (χ3v) is 2.98. The first kappa shape index (κ1) is 16.3. The normalized spacial score (nSPS) is 15.2. The van der Waals surface area contributed by atoms with Crippen molar-refractivity contribution in [2.45, 2.75) is 32.2 Å². The van der Waals surface area contributed by atoms with E-state index >= 15 is 0 Å². The predicted molar refractivity (Wildman–Crippen MR) is 72.2 cm³/mol. The lowest BCUT2D eigenvalue weighted by Gasteiger charge is -2.23. The molecule has 0 heterocycles. The second-order valence-corrected chi connectivity index (χ2v) is 4.41. The van der Waals surface area contributed by atoms with E-state index in [9.17, 15) is 15.0 Å². The fraction of sp³-hybridized carbons (Fsp3) is 0.500. The topological polar surface area (TPSA) is 85.2 Å². The van der Waals surface area contributed by atoms with Crippen LogP contribution in [0.15, 0.2) is 18.2 Å². The zero-order chi connectivity index (χ0) is 15.3. The number of hydrogen-bond donors (Lipinski definition) is 2. The van der Waals surface area contributed by atoms with E-state index in [4.69, 9.17) is 14.2 Å². The smallest absolute Gasteiger partial charge is 0.337 e.